The number of hydrogen-bond acceptors (Lipinski definition) is 2. The lowest BCUT2D eigenvalue weighted by atomic mass is 9.94. The third kappa shape index (κ3) is 5.27. The highest BCUT2D eigenvalue weighted by atomic mass is 16.2. The van der Waals surface area contributed by atoms with Gasteiger partial charge in [0.25, 0.3) is 0 Å². The van der Waals surface area contributed by atoms with Crippen LogP contribution in [-0.4, -0.2) is 24.8 Å². The summed E-state index contributed by atoms with van der Waals surface area (Å²) in [5, 5.41) is 12.2. The van der Waals surface area contributed by atoms with Gasteiger partial charge in [-0.2, -0.15) is 0 Å². The molecule has 0 aromatic carbocycles. The van der Waals surface area contributed by atoms with Crippen molar-refractivity contribution >= 4 is 0 Å². The highest BCUT2D eigenvalue weighted by Crippen LogP contribution is 2.17. The summed E-state index contributed by atoms with van der Waals surface area (Å²) in [6, 6.07) is 0. The van der Waals surface area contributed by atoms with Crippen LogP contribution in [0.4, 0.5) is 0 Å². The third-order valence-electron chi connectivity index (χ3n) is 2.92. The number of aliphatic hydroxyl groups is 1. The maximum Gasteiger partial charge on any atom is 0.0431 e. The standard InChI is InChI=1S/C11H23NO/c13-9-5-3-7-11-6-2-1-4-8-12-10-11/h11-13H,1-10H2. The summed E-state index contributed by atoms with van der Waals surface area (Å²) in [5.41, 5.74) is 0. The summed E-state index contributed by atoms with van der Waals surface area (Å²) in [7, 11) is 0. The lowest BCUT2D eigenvalue weighted by Crippen LogP contribution is -2.25. The molecule has 1 aliphatic heterocycles. The van der Waals surface area contributed by atoms with Crippen LogP contribution >= 0.6 is 0 Å². The van der Waals surface area contributed by atoms with Crippen molar-refractivity contribution in [3.63, 3.8) is 0 Å². The maximum atomic E-state index is 8.68. The van der Waals surface area contributed by atoms with Gasteiger partial charge in [-0.3, -0.25) is 0 Å². The van der Waals surface area contributed by atoms with Gasteiger partial charge >= 0.3 is 0 Å². The number of unbranched alkanes of at least 4 members (excludes halogenated alkanes) is 1. The Morgan fingerprint density at radius 1 is 1.15 bits per heavy atom. The van der Waals surface area contributed by atoms with Crippen molar-refractivity contribution in [1.29, 1.82) is 0 Å². The van der Waals surface area contributed by atoms with Crippen LogP contribution in [0.5, 0.6) is 0 Å². The van der Waals surface area contributed by atoms with E-state index in [4.69, 9.17) is 5.11 Å². The molecule has 0 radical (unpaired) electrons. The molecule has 1 fully saturated rings. The minimum Gasteiger partial charge on any atom is -0.396 e. The third-order valence-corrected chi connectivity index (χ3v) is 2.92. The van der Waals surface area contributed by atoms with Crippen LogP contribution < -0.4 is 5.32 Å². The Balaban J connectivity index is 2.06. The van der Waals surface area contributed by atoms with Crippen LogP contribution in [-0.2, 0) is 0 Å². The molecule has 1 rings (SSSR count). The molecule has 2 N–H and O–H groups in total. The number of nitrogens with one attached hydrogen (secondary N) is 1. The lowest BCUT2D eigenvalue weighted by molar-refractivity contribution is 0.273. The van der Waals surface area contributed by atoms with Crippen molar-refractivity contribution in [2.45, 2.75) is 44.9 Å². The molecule has 0 saturated carbocycles. The zero-order valence-corrected chi connectivity index (χ0v) is 8.60. The largest absolute Gasteiger partial charge is 0.396 e. The molecule has 0 amide bonds. The second-order valence-electron chi connectivity index (χ2n) is 4.14. The number of rotatable bonds is 4. The summed E-state index contributed by atoms with van der Waals surface area (Å²) in [6.07, 6.45) is 9.02. The van der Waals surface area contributed by atoms with E-state index in [1.165, 1.54) is 51.6 Å². The van der Waals surface area contributed by atoms with Crippen LogP contribution in [0, 0.1) is 5.92 Å². The normalized spacial score (nSPS) is 25.2. The molecule has 0 aliphatic carbocycles. The summed E-state index contributed by atoms with van der Waals surface area (Å²) in [5.74, 6) is 0.867. The highest BCUT2D eigenvalue weighted by Gasteiger charge is 2.09. The average molecular weight is 185 g/mol. The van der Waals surface area contributed by atoms with Gasteiger partial charge in [-0.15, -0.1) is 0 Å². The first-order chi connectivity index (χ1) is 6.43. The Labute approximate surface area is 81.7 Å². The van der Waals surface area contributed by atoms with E-state index < -0.39 is 0 Å². The molecular weight excluding hydrogens is 162 g/mol. The van der Waals surface area contributed by atoms with Crippen molar-refractivity contribution in [2.24, 2.45) is 5.92 Å². The molecule has 2 heteroatoms. The maximum absolute atomic E-state index is 8.68. The van der Waals surface area contributed by atoms with Gasteiger partial charge < -0.3 is 10.4 Å². The fourth-order valence-electron chi connectivity index (χ4n) is 2.06. The molecule has 1 saturated heterocycles. The van der Waals surface area contributed by atoms with E-state index >= 15 is 0 Å². The van der Waals surface area contributed by atoms with E-state index in [2.05, 4.69) is 5.32 Å². The predicted molar refractivity (Wildman–Crippen MR) is 55.8 cm³/mol. The molecule has 0 aromatic rings. The van der Waals surface area contributed by atoms with Gasteiger partial charge in [-0.05, 0) is 44.7 Å². The van der Waals surface area contributed by atoms with E-state index in [0.29, 0.717) is 6.61 Å². The quantitative estimate of drug-likeness (QED) is 0.656. The molecule has 78 valence electrons. The Morgan fingerprint density at radius 2 is 2.08 bits per heavy atom. The molecular formula is C11H23NO. The minimum atomic E-state index is 0.361. The van der Waals surface area contributed by atoms with Gasteiger partial charge in [0, 0.05) is 6.61 Å². The van der Waals surface area contributed by atoms with E-state index in [1.54, 1.807) is 0 Å². The Kier molecular flexibility index (Phi) is 6.21. The first kappa shape index (κ1) is 11.0. The molecule has 1 unspecified atom stereocenters. The Hall–Kier alpha value is -0.0800. The SMILES string of the molecule is OCCCCC1CCCCCNC1. The van der Waals surface area contributed by atoms with E-state index in [-0.39, 0.29) is 0 Å². The van der Waals surface area contributed by atoms with Crippen LogP contribution in [0.25, 0.3) is 0 Å². The molecule has 13 heavy (non-hydrogen) atoms. The molecule has 2 nitrogen and oxygen atoms in total. The van der Waals surface area contributed by atoms with Crippen LogP contribution in [0.3, 0.4) is 0 Å². The van der Waals surface area contributed by atoms with Crippen LogP contribution in [0.15, 0.2) is 0 Å². The Bertz CT molecular complexity index is 109. The van der Waals surface area contributed by atoms with Gasteiger partial charge in [0.15, 0.2) is 0 Å². The molecule has 1 aliphatic rings. The summed E-state index contributed by atoms with van der Waals surface area (Å²) in [6.45, 7) is 2.77. The lowest BCUT2D eigenvalue weighted by Gasteiger charge is -2.20. The van der Waals surface area contributed by atoms with Gasteiger partial charge in [-0.1, -0.05) is 19.3 Å². The fourth-order valence-corrected chi connectivity index (χ4v) is 2.06. The van der Waals surface area contributed by atoms with Gasteiger partial charge in [0.2, 0.25) is 0 Å². The number of hydrogen-bond donors (Lipinski definition) is 2. The summed E-state index contributed by atoms with van der Waals surface area (Å²) >= 11 is 0. The molecule has 1 atom stereocenters. The topological polar surface area (TPSA) is 32.3 Å². The number of aliphatic hydroxyl groups excluding tert-OH is 1. The average Bonchev–Trinajstić information content (AvgIpc) is 2.08. The van der Waals surface area contributed by atoms with Crippen molar-refractivity contribution in [3.05, 3.63) is 0 Å². The smallest absolute Gasteiger partial charge is 0.0431 e. The molecule has 0 spiro atoms. The van der Waals surface area contributed by atoms with E-state index in [0.717, 1.165) is 12.3 Å². The highest BCUT2D eigenvalue weighted by molar-refractivity contribution is 4.66. The van der Waals surface area contributed by atoms with E-state index in [9.17, 15) is 0 Å². The van der Waals surface area contributed by atoms with Crippen LogP contribution in [0.1, 0.15) is 44.9 Å². The van der Waals surface area contributed by atoms with Gasteiger partial charge in [0.05, 0.1) is 0 Å². The van der Waals surface area contributed by atoms with Gasteiger partial charge in [0.1, 0.15) is 0 Å². The van der Waals surface area contributed by atoms with Gasteiger partial charge in [-0.25, -0.2) is 0 Å². The van der Waals surface area contributed by atoms with Crippen molar-refractivity contribution in [3.8, 4) is 0 Å². The van der Waals surface area contributed by atoms with Crippen molar-refractivity contribution in [1.82, 2.24) is 5.32 Å². The molecule has 1 heterocycles. The minimum absolute atomic E-state index is 0.361. The Morgan fingerprint density at radius 3 is 2.92 bits per heavy atom. The molecule has 0 bridgehead atoms. The summed E-state index contributed by atoms with van der Waals surface area (Å²) in [4.78, 5) is 0. The second-order valence-corrected chi connectivity index (χ2v) is 4.14. The fraction of sp³-hybridized carbons (Fsp3) is 1.00. The monoisotopic (exact) mass is 185 g/mol. The zero-order valence-electron chi connectivity index (χ0n) is 8.60. The van der Waals surface area contributed by atoms with E-state index in [1.807, 2.05) is 0 Å². The predicted octanol–water partition coefficient (Wildman–Crippen LogP) is 1.93. The first-order valence-electron chi connectivity index (χ1n) is 5.75. The van der Waals surface area contributed by atoms with Crippen LogP contribution in [0.2, 0.25) is 0 Å². The first-order valence-corrected chi connectivity index (χ1v) is 5.75. The summed E-state index contributed by atoms with van der Waals surface area (Å²) < 4.78 is 0. The second kappa shape index (κ2) is 7.34. The molecule has 0 aromatic heterocycles. The van der Waals surface area contributed by atoms with Crippen molar-refractivity contribution in [2.75, 3.05) is 19.7 Å². The van der Waals surface area contributed by atoms with Crippen molar-refractivity contribution < 1.29 is 5.11 Å². The zero-order chi connectivity index (χ0) is 9.36.